The Labute approximate surface area is 131 Å². The average Bonchev–Trinajstić information content (AvgIpc) is 3.02. The number of carbonyl (C=O) groups excluding carboxylic acids is 1. The van der Waals surface area contributed by atoms with Gasteiger partial charge < -0.3 is 14.8 Å². The number of carboxylic acid groups (broad SMARTS) is 1. The molecule has 0 aliphatic carbocycles. The minimum absolute atomic E-state index is 0.192. The number of amides is 1. The maximum Gasteiger partial charge on any atom is 0.347 e. The number of hydrogen-bond acceptors (Lipinski definition) is 5. The van der Waals surface area contributed by atoms with Crippen LogP contribution in [-0.2, 0) is 4.79 Å². The average molecular weight is 320 g/mol. The number of carboxylic acids is 1. The number of aryl methyl sites for hydroxylation is 2. The molecule has 0 spiro atoms. The lowest BCUT2D eigenvalue weighted by atomic mass is 10.3. The van der Waals surface area contributed by atoms with E-state index in [1.807, 2.05) is 13.0 Å². The van der Waals surface area contributed by atoms with Gasteiger partial charge >= 0.3 is 5.97 Å². The van der Waals surface area contributed by atoms with Crippen LogP contribution in [0.15, 0.2) is 22.6 Å². The third-order valence-electron chi connectivity index (χ3n) is 2.90. The molecule has 0 saturated carbocycles. The molecule has 2 aromatic rings. The summed E-state index contributed by atoms with van der Waals surface area (Å²) >= 11 is 1.07. The molecule has 22 heavy (non-hydrogen) atoms. The van der Waals surface area contributed by atoms with Gasteiger partial charge in [-0.25, -0.2) is 9.78 Å². The Morgan fingerprint density at radius 1 is 1.41 bits per heavy atom. The minimum atomic E-state index is -1.01. The van der Waals surface area contributed by atoms with Gasteiger partial charge in [-0.1, -0.05) is 0 Å². The van der Waals surface area contributed by atoms with E-state index in [1.54, 1.807) is 26.0 Å². The fourth-order valence-corrected chi connectivity index (χ4v) is 2.73. The van der Waals surface area contributed by atoms with E-state index in [0.717, 1.165) is 17.1 Å². The van der Waals surface area contributed by atoms with Crippen LogP contribution in [-0.4, -0.2) is 22.0 Å². The van der Waals surface area contributed by atoms with Gasteiger partial charge in [0.2, 0.25) is 5.91 Å². The summed E-state index contributed by atoms with van der Waals surface area (Å²) < 4.78 is 5.33. The molecule has 1 amide bonds. The smallest absolute Gasteiger partial charge is 0.347 e. The van der Waals surface area contributed by atoms with Gasteiger partial charge in [0.1, 0.15) is 21.4 Å². The van der Waals surface area contributed by atoms with Crippen LogP contribution in [0.25, 0.3) is 6.08 Å². The van der Waals surface area contributed by atoms with Crippen molar-refractivity contribution in [1.82, 2.24) is 10.3 Å². The second kappa shape index (κ2) is 6.57. The molecule has 0 fully saturated rings. The summed E-state index contributed by atoms with van der Waals surface area (Å²) in [4.78, 5) is 27.2. The second-order valence-electron chi connectivity index (χ2n) is 4.78. The van der Waals surface area contributed by atoms with Crippen LogP contribution in [0.1, 0.15) is 44.9 Å². The molecule has 1 unspecified atom stereocenters. The van der Waals surface area contributed by atoms with Crippen molar-refractivity contribution in [3.8, 4) is 0 Å². The summed E-state index contributed by atoms with van der Waals surface area (Å²) in [6.45, 7) is 5.22. The summed E-state index contributed by atoms with van der Waals surface area (Å²) in [5.74, 6) is 0.0607. The molecule has 2 N–H and O–H groups in total. The molecule has 2 aromatic heterocycles. The topological polar surface area (TPSA) is 92.4 Å². The highest BCUT2D eigenvalue weighted by Crippen LogP contribution is 2.23. The van der Waals surface area contributed by atoms with Gasteiger partial charge in [0.25, 0.3) is 0 Å². The lowest BCUT2D eigenvalue weighted by Gasteiger charge is -2.08. The van der Waals surface area contributed by atoms with Gasteiger partial charge in [-0.15, -0.1) is 11.3 Å². The van der Waals surface area contributed by atoms with Gasteiger partial charge in [-0.05, 0) is 39.0 Å². The molecule has 0 aliphatic heterocycles. The van der Waals surface area contributed by atoms with Crippen LogP contribution in [0, 0.1) is 13.8 Å². The van der Waals surface area contributed by atoms with E-state index in [-0.39, 0.29) is 16.8 Å². The summed E-state index contributed by atoms with van der Waals surface area (Å²) in [5, 5.41) is 12.3. The van der Waals surface area contributed by atoms with Gasteiger partial charge in [0, 0.05) is 6.08 Å². The van der Waals surface area contributed by atoms with Crippen LogP contribution in [0.4, 0.5) is 0 Å². The third-order valence-corrected chi connectivity index (χ3v) is 4.22. The standard InChI is InChI=1S/C15H16N2O4S/c1-8-4-5-11(21-8)6-7-12(18)16-10(3)14-17-9(2)13(22-14)15(19)20/h4-7,10H,1-3H3,(H,16,18)(H,19,20)/b7-6+. The molecule has 2 rings (SSSR count). The molecule has 0 aromatic carbocycles. The Kier molecular flexibility index (Phi) is 4.77. The first-order valence-corrected chi connectivity index (χ1v) is 7.44. The Bertz CT molecular complexity index is 730. The first-order chi connectivity index (χ1) is 10.4. The predicted octanol–water partition coefficient (Wildman–Crippen LogP) is 2.94. The van der Waals surface area contributed by atoms with Crippen LogP contribution in [0.2, 0.25) is 0 Å². The Morgan fingerprint density at radius 3 is 2.68 bits per heavy atom. The van der Waals surface area contributed by atoms with Crippen molar-refractivity contribution in [2.45, 2.75) is 26.8 Å². The number of aromatic carboxylic acids is 1. The van der Waals surface area contributed by atoms with Gasteiger partial charge in [-0.2, -0.15) is 0 Å². The van der Waals surface area contributed by atoms with E-state index < -0.39 is 5.97 Å². The highest BCUT2D eigenvalue weighted by atomic mass is 32.1. The van der Waals surface area contributed by atoms with Crippen molar-refractivity contribution in [1.29, 1.82) is 0 Å². The van der Waals surface area contributed by atoms with Crippen molar-refractivity contribution in [2.75, 3.05) is 0 Å². The van der Waals surface area contributed by atoms with E-state index in [0.29, 0.717) is 16.5 Å². The molecule has 1 atom stereocenters. The largest absolute Gasteiger partial charge is 0.477 e. The number of aromatic nitrogens is 1. The molecular weight excluding hydrogens is 304 g/mol. The number of nitrogens with zero attached hydrogens (tertiary/aromatic N) is 1. The predicted molar refractivity (Wildman–Crippen MR) is 82.8 cm³/mol. The van der Waals surface area contributed by atoms with Crippen LogP contribution < -0.4 is 5.32 Å². The quantitative estimate of drug-likeness (QED) is 0.826. The highest BCUT2D eigenvalue weighted by Gasteiger charge is 2.18. The number of carbonyl (C=O) groups is 2. The molecule has 116 valence electrons. The Balaban J connectivity index is 2.00. The molecule has 7 heteroatoms. The second-order valence-corrected chi connectivity index (χ2v) is 5.81. The van der Waals surface area contributed by atoms with Crippen molar-refractivity contribution in [3.05, 3.63) is 45.3 Å². The zero-order valence-corrected chi connectivity index (χ0v) is 13.2. The number of nitrogens with one attached hydrogen (secondary N) is 1. The third kappa shape index (κ3) is 3.82. The van der Waals surface area contributed by atoms with Gasteiger partial charge in [0.05, 0.1) is 11.7 Å². The van der Waals surface area contributed by atoms with Gasteiger partial charge in [0.15, 0.2) is 0 Å². The fourth-order valence-electron chi connectivity index (χ4n) is 1.82. The maximum absolute atomic E-state index is 11.9. The maximum atomic E-state index is 11.9. The van der Waals surface area contributed by atoms with E-state index in [9.17, 15) is 9.59 Å². The number of rotatable bonds is 5. The summed E-state index contributed by atoms with van der Waals surface area (Å²) in [6, 6.07) is 3.21. The van der Waals surface area contributed by atoms with E-state index in [4.69, 9.17) is 9.52 Å². The van der Waals surface area contributed by atoms with Gasteiger partial charge in [-0.3, -0.25) is 4.79 Å². The first kappa shape index (κ1) is 16.0. The first-order valence-electron chi connectivity index (χ1n) is 6.62. The summed E-state index contributed by atoms with van der Waals surface area (Å²) in [5.41, 5.74) is 0.454. The van der Waals surface area contributed by atoms with E-state index in [1.165, 1.54) is 6.08 Å². The van der Waals surface area contributed by atoms with Crippen molar-refractivity contribution in [3.63, 3.8) is 0 Å². The van der Waals surface area contributed by atoms with Crippen molar-refractivity contribution in [2.24, 2.45) is 0 Å². The monoisotopic (exact) mass is 320 g/mol. The zero-order chi connectivity index (χ0) is 16.3. The molecule has 0 radical (unpaired) electrons. The normalized spacial score (nSPS) is 12.5. The van der Waals surface area contributed by atoms with Crippen molar-refractivity contribution >= 4 is 29.3 Å². The van der Waals surface area contributed by atoms with Crippen molar-refractivity contribution < 1.29 is 19.1 Å². The number of thiazole rings is 1. The minimum Gasteiger partial charge on any atom is -0.477 e. The molecule has 0 aliphatic rings. The Hall–Kier alpha value is -2.41. The van der Waals surface area contributed by atoms with Crippen LogP contribution in [0.5, 0.6) is 0 Å². The fraction of sp³-hybridized carbons (Fsp3) is 0.267. The summed E-state index contributed by atoms with van der Waals surface area (Å²) in [6.07, 6.45) is 2.94. The van der Waals surface area contributed by atoms with Crippen LogP contribution >= 0.6 is 11.3 Å². The molecule has 2 heterocycles. The van der Waals surface area contributed by atoms with Crippen LogP contribution in [0.3, 0.4) is 0 Å². The van der Waals surface area contributed by atoms with E-state index in [2.05, 4.69) is 10.3 Å². The number of furan rings is 1. The number of hydrogen-bond donors (Lipinski definition) is 2. The SMILES string of the molecule is Cc1ccc(/C=C/C(=O)NC(C)c2nc(C)c(C(=O)O)s2)o1. The molecule has 6 nitrogen and oxygen atoms in total. The summed E-state index contributed by atoms with van der Waals surface area (Å²) in [7, 11) is 0. The highest BCUT2D eigenvalue weighted by molar-refractivity contribution is 7.13. The molecule has 0 saturated heterocycles. The Morgan fingerprint density at radius 2 is 2.14 bits per heavy atom. The zero-order valence-electron chi connectivity index (χ0n) is 12.4. The lowest BCUT2D eigenvalue weighted by molar-refractivity contribution is -0.117. The molecule has 0 bridgehead atoms. The molecular formula is C15H16N2O4S. The lowest BCUT2D eigenvalue weighted by Crippen LogP contribution is -2.24. The van der Waals surface area contributed by atoms with E-state index >= 15 is 0 Å².